The number of nitrogens with one attached hydrogen (secondary N) is 1. The van der Waals surface area contributed by atoms with Crippen LogP contribution in [0.3, 0.4) is 0 Å². The van der Waals surface area contributed by atoms with Gasteiger partial charge in [0.1, 0.15) is 11.5 Å². The van der Waals surface area contributed by atoms with Crippen LogP contribution in [-0.2, 0) is 6.54 Å². The van der Waals surface area contributed by atoms with Gasteiger partial charge in [-0.15, -0.1) is 0 Å². The summed E-state index contributed by atoms with van der Waals surface area (Å²) in [5.41, 5.74) is 1.60. The van der Waals surface area contributed by atoms with Crippen LogP contribution in [-0.4, -0.2) is 29.0 Å². The molecule has 0 spiro atoms. The molecule has 1 aliphatic rings. The highest BCUT2D eigenvalue weighted by atomic mass is 16.1. The molecule has 2 aromatic rings. The van der Waals surface area contributed by atoms with E-state index in [9.17, 15) is 4.79 Å². The maximum atomic E-state index is 12.4. The van der Waals surface area contributed by atoms with Gasteiger partial charge in [0, 0.05) is 19.6 Å². The Morgan fingerprint density at radius 3 is 2.44 bits per heavy atom. The fourth-order valence-corrected chi connectivity index (χ4v) is 3.26. The van der Waals surface area contributed by atoms with Gasteiger partial charge in [0.05, 0.1) is 12.4 Å². The Kier molecular flexibility index (Phi) is 5.99. The second-order valence-corrected chi connectivity index (χ2v) is 6.76. The average Bonchev–Trinajstić information content (AvgIpc) is 2.91. The van der Waals surface area contributed by atoms with Crippen LogP contribution in [0.4, 0.5) is 5.82 Å². The molecule has 0 atom stereocenters. The molecule has 1 aromatic carbocycles. The van der Waals surface area contributed by atoms with Gasteiger partial charge in [-0.2, -0.15) is 0 Å². The minimum absolute atomic E-state index is 0.114. The number of benzene rings is 1. The number of aromatic nitrogens is 2. The third-order valence-corrected chi connectivity index (χ3v) is 4.71. The maximum absolute atomic E-state index is 12.4. The van der Waals surface area contributed by atoms with Crippen LogP contribution >= 0.6 is 0 Å². The van der Waals surface area contributed by atoms with Crippen molar-refractivity contribution in [3.8, 4) is 0 Å². The highest BCUT2D eigenvalue weighted by Gasteiger charge is 2.17. The lowest BCUT2D eigenvalue weighted by Gasteiger charge is -2.18. The van der Waals surface area contributed by atoms with Crippen molar-refractivity contribution in [1.82, 2.24) is 15.3 Å². The van der Waals surface area contributed by atoms with Gasteiger partial charge in [-0.1, -0.05) is 56.0 Å². The van der Waals surface area contributed by atoms with Crippen molar-refractivity contribution in [2.75, 3.05) is 11.9 Å². The highest BCUT2D eigenvalue weighted by Crippen LogP contribution is 2.17. The molecule has 1 aliphatic carbocycles. The molecule has 0 bridgehead atoms. The summed E-state index contributed by atoms with van der Waals surface area (Å²) in [6.45, 7) is 0.753. The first-order valence-corrected chi connectivity index (χ1v) is 9.10. The first-order chi connectivity index (χ1) is 12.2. The molecule has 0 radical (unpaired) electrons. The Morgan fingerprint density at radius 1 is 1.08 bits per heavy atom. The molecule has 1 aromatic heterocycles. The Balaban J connectivity index is 1.58. The predicted molar refractivity (Wildman–Crippen MR) is 99.5 cm³/mol. The zero-order valence-corrected chi connectivity index (χ0v) is 14.8. The van der Waals surface area contributed by atoms with E-state index in [1.807, 2.05) is 30.1 Å². The maximum Gasteiger partial charge on any atom is 0.271 e. The minimum Gasteiger partial charge on any atom is -0.354 e. The smallest absolute Gasteiger partial charge is 0.271 e. The molecule has 1 heterocycles. The molecule has 0 saturated heterocycles. The summed E-state index contributed by atoms with van der Waals surface area (Å²) in [5, 5.41) is 3.11. The molecule has 5 nitrogen and oxygen atoms in total. The van der Waals surface area contributed by atoms with E-state index in [1.54, 1.807) is 12.4 Å². The van der Waals surface area contributed by atoms with Crippen LogP contribution in [0.2, 0.25) is 0 Å². The zero-order chi connectivity index (χ0) is 17.5. The molecular weight excluding hydrogens is 312 g/mol. The molecule has 132 valence electrons. The molecule has 1 fully saturated rings. The molecule has 0 unspecified atom stereocenters. The lowest BCUT2D eigenvalue weighted by molar-refractivity contribution is 0.0928. The molecule has 25 heavy (non-hydrogen) atoms. The van der Waals surface area contributed by atoms with Gasteiger partial charge in [-0.25, -0.2) is 9.97 Å². The van der Waals surface area contributed by atoms with Gasteiger partial charge >= 0.3 is 0 Å². The Labute approximate surface area is 149 Å². The van der Waals surface area contributed by atoms with Crippen LogP contribution < -0.4 is 10.2 Å². The highest BCUT2D eigenvalue weighted by molar-refractivity contribution is 5.92. The largest absolute Gasteiger partial charge is 0.354 e. The number of carbonyl (C=O) groups is 1. The standard InChI is InChI=1S/C20H26N4O/c1-24(15-16-9-5-4-6-10-16)19-14-21-18(13-22-19)20(25)23-17-11-7-2-3-8-12-17/h4-6,9-10,13-14,17H,2-3,7-8,11-12,15H2,1H3,(H,23,25). The number of hydrogen-bond acceptors (Lipinski definition) is 4. The third-order valence-electron chi connectivity index (χ3n) is 4.71. The zero-order valence-electron chi connectivity index (χ0n) is 14.8. The van der Waals surface area contributed by atoms with Crippen molar-refractivity contribution < 1.29 is 4.79 Å². The number of carbonyl (C=O) groups excluding carboxylic acids is 1. The lowest BCUT2D eigenvalue weighted by Crippen LogP contribution is -2.35. The Hall–Kier alpha value is -2.43. The van der Waals surface area contributed by atoms with E-state index >= 15 is 0 Å². The number of nitrogens with zero attached hydrogens (tertiary/aromatic N) is 3. The van der Waals surface area contributed by atoms with Crippen molar-refractivity contribution in [3.63, 3.8) is 0 Å². The number of rotatable bonds is 5. The van der Waals surface area contributed by atoms with Crippen LogP contribution in [0.25, 0.3) is 0 Å². The summed E-state index contributed by atoms with van der Waals surface area (Å²) in [5.74, 6) is 0.645. The van der Waals surface area contributed by atoms with E-state index in [1.165, 1.54) is 31.2 Å². The molecule has 5 heteroatoms. The molecule has 0 aliphatic heterocycles. The fourth-order valence-electron chi connectivity index (χ4n) is 3.26. The summed E-state index contributed by atoms with van der Waals surface area (Å²) < 4.78 is 0. The SMILES string of the molecule is CN(Cc1ccccc1)c1cnc(C(=O)NC2CCCCCC2)cn1. The first kappa shape index (κ1) is 17.4. The number of hydrogen-bond donors (Lipinski definition) is 1. The minimum atomic E-state index is -0.114. The normalized spacial score (nSPS) is 15.4. The van der Waals surface area contributed by atoms with E-state index in [-0.39, 0.29) is 11.9 Å². The van der Waals surface area contributed by atoms with Crippen molar-refractivity contribution in [3.05, 3.63) is 54.0 Å². The topological polar surface area (TPSA) is 58.1 Å². The van der Waals surface area contributed by atoms with E-state index in [2.05, 4.69) is 27.4 Å². The van der Waals surface area contributed by atoms with E-state index in [0.717, 1.165) is 25.2 Å². The third kappa shape index (κ3) is 5.02. The van der Waals surface area contributed by atoms with Gasteiger partial charge in [-0.05, 0) is 18.4 Å². The number of anilines is 1. The quantitative estimate of drug-likeness (QED) is 0.847. The molecule has 1 saturated carbocycles. The Morgan fingerprint density at radius 2 is 1.80 bits per heavy atom. The molecule has 3 rings (SSSR count). The van der Waals surface area contributed by atoms with Crippen LogP contribution in [0.15, 0.2) is 42.7 Å². The van der Waals surface area contributed by atoms with Crippen molar-refractivity contribution in [1.29, 1.82) is 0 Å². The van der Waals surface area contributed by atoms with Gasteiger partial charge < -0.3 is 10.2 Å². The van der Waals surface area contributed by atoms with Crippen LogP contribution in [0.5, 0.6) is 0 Å². The number of amides is 1. The molecule has 1 N–H and O–H groups in total. The fraction of sp³-hybridized carbons (Fsp3) is 0.450. The van der Waals surface area contributed by atoms with E-state index in [0.29, 0.717) is 5.69 Å². The van der Waals surface area contributed by atoms with Crippen LogP contribution in [0, 0.1) is 0 Å². The van der Waals surface area contributed by atoms with E-state index in [4.69, 9.17) is 0 Å². The van der Waals surface area contributed by atoms with Gasteiger partial charge in [0.2, 0.25) is 0 Å². The summed E-state index contributed by atoms with van der Waals surface area (Å²) in [4.78, 5) is 23.1. The van der Waals surface area contributed by atoms with Crippen molar-refractivity contribution in [2.45, 2.75) is 51.1 Å². The van der Waals surface area contributed by atoms with Gasteiger partial charge in [-0.3, -0.25) is 4.79 Å². The van der Waals surface area contributed by atoms with Gasteiger partial charge in [0.15, 0.2) is 0 Å². The van der Waals surface area contributed by atoms with Crippen LogP contribution in [0.1, 0.15) is 54.6 Å². The lowest BCUT2D eigenvalue weighted by atomic mass is 10.1. The summed E-state index contributed by atoms with van der Waals surface area (Å²) in [6.07, 6.45) is 10.3. The van der Waals surface area contributed by atoms with Crippen molar-refractivity contribution in [2.24, 2.45) is 0 Å². The van der Waals surface area contributed by atoms with Gasteiger partial charge in [0.25, 0.3) is 5.91 Å². The summed E-state index contributed by atoms with van der Waals surface area (Å²) >= 11 is 0. The monoisotopic (exact) mass is 338 g/mol. The molecule has 1 amide bonds. The Bertz CT molecular complexity index is 664. The predicted octanol–water partition coefficient (Wildman–Crippen LogP) is 3.57. The average molecular weight is 338 g/mol. The summed E-state index contributed by atoms with van der Waals surface area (Å²) in [6, 6.07) is 10.5. The second kappa shape index (κ2) is 8.60. The van der Waals surface area contributed by atoms with E-state index < -0.39 is 0 Å². The first-order valence-electron chi connectivity index (χ1n) is 9.10. The van der Waals surface area contributed by atoms with Crippen molar-refractivity contribution >= 4 is 11.7 Å². The summed E-state index contributed by atoms with van der Waals surface area (Å²) in [7, 11) is 1.97. The molecular formula is C20H26N4O. The second-order valence-electron chi connectivity index (χ2n) is 6.76.